The maximum Gasteiger partial charge on any atom is 0.0713 e. The highest BCUT2D eigenvalue weighted by molar-refractivity contribution is 5.23. The van der Waals surface area contributed by atoms with E-state index in [2.05, 4.69) is 59.3 Å². The second kappa shape index (κ2) is 7.96. The minimum Gasteiger partial charge on any atom is -0.380 e. The molecular weight excluding hydrogens is 262 g/mol. The first-order chi connectivity index (χ1) is 10.3. The first kappa shape index (κ1) is 15.7. The summed E-state index contributed by atoms with van der Waals surface area (Å²) in [6, 6.07) is 10.7. The molecule has 0 saturated carbocycles. The van der Waals surface area contributed by atoms with Crippen LogP contribution in [0.2, 0.25) is 0 Å². The lowest BCUT2D eigenvalue weighted by Gasteiger charge is -2.08. The Balaban J connectivity index is 1.92. The van der Waals surface area contributed by atoms with Crippen LogP contribution in [-0.2, 0) is 37.4 Å². The summed E-state index contributed by atoms with van der Waals surface area (Å²) in [6.07, 6.45) is 0.985. The molecule has 4 heteroatoms. The van der Waals surface area contributed by atoms with E-state index in [0.717, 1.165) is 31.7 Å². The van der Waals surface area contributed by atoms with Crippen molar-refractivity contribution in [2.75, 3.05) is 7.11 Å². The SMILES string of the molecule is CCc1cc(CNCc2cccc(COC)c2)n(CC)n1. The van der Waals surface area contributed by atoms with Crippen molar-refractivity contribution in [3.05, 3.63) is 52.8 Å². The Bertz CT molecular complexity index is 563. The highest BCUT2D eigenvalue weighted by Crippen LogP contribution is 2.08. The van der Waals surface area contributed by atoms with Crippen LogP contribution in [0.15, 0.2) is 30.3 Å². The number of aryl methyl sites for hydroxylation is 2. The third-order valence-electron chi connectivity index (χ3n) is 3.51. The Morgan fingerprint density at radius 2 is 1.95 bits per heavy atom. The van der Waals surface area contributed by atoms with Crippen molar-refractivity contribution in [3.63, 3.8) is 0 Å². The summed E-state index contributed by atoms with van der Waals surface area (Å²) in [6.45, 7) is 7.55. The molecule has 0 saturated heterocycles. The molecule has 2 rings (SSSR count). The molecule has 0 aliphatic carbocycles. The van der Waals surface area contributed by atoms with Crippen LogP contribution in [0.5, 0.6) is 0 Å². The molecule has 0 unspecified atom stereocenters. The van der Waals surface area contributed by atoms with Crippen LogP contribution in [0.3, 0.4) is 0 Å². The van der Waals surface area contributed by atoms with E-state index in [-0.39, 0.29) is 0 Å². The predicted octanol–water partition coefficient (Wildman–Crippen LogP) is 2.90. The van der Waals surface area contributed by atoms with Gasteiger partial charge in [-0.15, -0.1) is 0 Å². The summed E-state index contributed by atoms with van der Waals surface area (Å²) in [5.74, 6) is 0. The molecule has 1 heterocycles. The van der Waals surface area contributed by atoms with Gasteiger partial charge in [-0.1, -0.05) is 31.2 Å². The van der Waals surface area contributed by atoms with E-state index in [9.17, 15) is 0 Å². The number of aromatic nitrogens is 2. The molecule has 1 aromatic carbocycles. The van der Waals surface area contributed by atoms with Crippen LogP contribution in [-0.4, -0.2) is 16.9 Å². The zero-order valence-corrected chi connectivity index (χ0v) is 13.2. The number of hydrogen-bond acceptors (Lipinski definition) is 3. The molecule has 114 valence electrons. The number of benzene rings is 1. The topological polar surface area (TPSA) is 39.1 Å². The first-order valence-electron chi connectivity index (χ1n) is 7.59. The van der Waals surface area contributed by atoms with Crippen molar-refractivity contribution in [3.8, 4) is 0 Å². The van der Waals surface area contributed by atoms with E-state index >= 15 is 0 Å². The number of nitrogens with zero attached hydrogens (tertiary/aromatic N) is 2. The molecular formula is C17H25N3O. The lowest BCUT2D eigenvalue weighted by atomic mass is 10.1. The standard InChI is InChI=1S/C17H25N3O/c1-4-16-10-17(20(5-2)19-16)12-18-11-14-7-6-8-15(9-14)13-21-3/h6-10,18H,4-5,11-13H2,1-3H3. The van der Waals surface area contributed by atoms with Gasteiger partial charge in [-0.05, 0) is 30.5 Å². The van der Waals surface area contributed by atoms with E-state index in [4.69, 9.17) is 4.74 Å². The van der Waals surface area contributed by atoms with Gasteiger partial charge in [0.15, 0.2) is 0 Å². The van der Waals surface area contributed by atoms with Crippen LogP contribution in [0.1, 0.15) is 36.4 Å². The average Bonchev–Trinajstić information content (AvgIpc) is 2.90. The minimum atomic E-state index is 0.663. The van der Waals surface area contributed by atoms with Crippen molar-refractivity contribution < 1.29 is 4.74 Å². The third-order valence-corrected chi connectivity index (χ3v) is 3.51. The quantitative estimate of drug-likeness (QED) is 0.811. The summed E-state index contributed by atoms with van der Waals surface area (Å²) in [4.78, 5) is 0. The van der Waals surface area contributed by atoms with Gasteiger partial charge in [0.2, 0.25) is 0 Å². The van der Waals surface area contributed by atoms with Crippen LogP contribution in [0, 0.1) is 0 Å². The lowest BCUT2D eigenvalue weighted by molar-refractivity contribution is 0.185. The molecule has 0 fully saturated rings. The molecule has 0 aliphatic rings. The van der Waals surface area contributed by atoms with Crippen LogP contribution in [0.25, 0.3) is 0 Å². The van der Waals surface area contributed by atoms with Gasteiger partial charge in [0, 0.05) is 26.7 Å². The highest BCUT2D eigenvalue weighted by atomic mass is 16.5. The first-order valence-corrected chi connectivity index (χ1v) is 7.59. The Labute approximate surface area is 127 Å². The number of ether oxygens (including phenoxy) is 1. The van der Waals surface area contributed by atoms with Crippen LogP contribution < -0.4 is 5.32 Å². The molecule has 4 nitrogen and oxygen atoms in total. The Morgan fingerprint density at radius 3 is 2.67 bits per heavy atom. The molecule has 0 atom stereocenters. The molecule has 21 heavy (non-hydrogen) atoms. The van der Waals surface area contributed by atoms with E-state index in [1.165, 1.54) is 16.8 Å². The Hall–Kier alpha value is -1.65. The molecule has 0 aliphatic heterocycles. The van der Waals surface area contributed by atoms with E-state index in [0.29, 0.717) is 6.61 Å². The van der Waals surface area contributed by atoms with E-state index in [1.807, 2.05) is 0 Å². The predicted molar refractivity (Wildman–Crippen MR) is 85.0 cm³/mol. The smallest absolute Gasteiger partial charge is 0.0713 e. The number of nitrogens with one attached hydrogen (secondary N) is 1. The molecule has 0 amide bonds. The van der Waals surface area contributed by atoms with Gasteiger partial charge in [-0.25, -0.2) is 0 Å². The monoisotopic (exact) mass is 287 g/mol. The average molecular weight is 287 g/mol. The van der Waals surface area contributed by atoms with Gasteiger partial charge in [0.25, 0.3) is 0 Å². The summed E-state index contributed by atoms with van der Waals surface area (Å²) >= 11 is 0. The van der Waals surface area contributed by atoms with Gasteiger partial charge in [-0.3, -0.25) is 4.68 Å². The lowest BCUT2D eigenvalue weighted by Crippen LogP contribution is -2.16. The van der Waals surface area contributed by atoms with Gasteiger partial charge >= 0.3 is 0 Å². The summed E-state index contributed by atoms with van der Waals surface area (Å²) in [5.41, 5.74) is 4.91. The van der Waals surface area contributed by atoms with Crippen molar-refractivity contribution in [1.82, 2.24) is 15.1 Å². The van der Waals surface area contributed by atoms with Crippen LogP contribution in [0.4, 0.5) is 0 Å². The fourth-order valence-corrected chi connectivity index (χ4v) is 2.43. The molecule has 2 aromatic rings. The molecule has 1 N–H and O–H groups in total. The van der Waals surface area contributed by atoms with Gasteiger partial charge < -0.3 is 10.1 Å². The maximum absolute atomic E-state index is 5.17. The second-order valence-corrected chi connectivity index (χ2v) is 5.15. The normalized spacial score (nSPS) is 11.0. The van der Waals surface area contributed by atoms with Gasteiger partial charge in [0.05, 0.1) is 18.0 Å². The third kappa shape index (κ3) is 4.41. The van der Waals surface area contributed by atoms with Crippen molar-refractivity contribution >= 4 is 0 Å². The Morgan fingerprint density at radius 1 is 1.14 bits per heavy atom. The van der Waals surface area contributed by atoms with E-state index in [1.54, 1.807) is 7.11 Å². The fraction of sp³-hybridized carbons (Fsp3) is 0.471. The van der Waals surface area contributed by atoms with E-state index < -0.39 is 0 Å². The van der Waals surface area contributed by atoms with Crippen molar-refractivity contribution in [1.29, 1.82) is 0 Å². The van der Waals surface area contributed by atoms with Crippen LogP contribution >= 0.6 is 0 Å². The number of hydrogen-bond donors (Lipinski definition) is 1. The zero-order valence-electron chi connectivity index (χ0n) is 13.2. The molecule has 0 radical (unpaired) electrons. The van der Waals surface area contributed by atoms with Gasteiger partial charge in [0.1, 0.15) is 0 Å². The fourth-order valence-electron chi connectivity index (χ4n) is 2.43. The summed E-state index contributed by atoms with van der Waals surface area (Å²) in [7, 11) is 1.72. The zero-order chi connectivity index (χ0) is 15.1. The molecule has 0 spiro atoms. The summed E-state index contributed by atoms with van der Waals surface area (Å²) in [5, 5.41) is 8.07. The number of rotatable bonds is 8. The highest BCUT2D eigenvalue weighted by Gasteiger charge is 2.05. The second-order valence-electron chi connectivity index (χ2n) is 5.15. The van der Waals surface area contributed by atoms with Crippen molar-refractivity contribution in [2.45, 2.75) is 46.5 Å². The van der Waals surface area contributed by atoms with Crippen molar-refractivity contribution in [2.24, 2.45) is 0 Å². The van der Waals surface area contributed by atoms with Gasteiger partial charge in [-0.2, -0.15) is 5.10 Å². The molecule has 0 bridgehead atoms. The largest absolute Gasteiger partial charge is 0.380 e. The summed E-state index contributed by atoms with van der Waals surface area (Å²) < 4.78 is 7.25. The Kier molecular flexibility index (Phi) is 5.96. The minimum absolute atomic E-state index is 0.663. The number of methoxy groups -OCH3 is 1. The maximum atomic E-state index is 5.17. The molecule has 1 aromatic heterocycles.